The Hall–Kier alpha value is -0.680. The van der Waals surface area contributed by atoms with Crippen LogP contribution in [-0.2, 0) is 0 Å². The van der Waals surface area contributed by atoms with Crippen molar-refractivity contribution in [3.05, 3.63) is 28.7 Å². The summed E-state index contributed by atoms with van der Waals surface area (Å²) >= 11 is 5.15. The number of nitrogens with zero attached hydrogens (tertiary/aromatic N) is 1. The van der Waals surface area contributed by atoms with Gasteiger partial charge in [-0.05, 0) is 18.2 Å². The molecule has 1 fully saturated rings. The molecule has 80 valence electrons. The molecule has 0 radical (unpaired) electrons. The van der Waals surface area contributed by atoms with Crippen molar-refractivity contribution in [1.82, 2.24) is 4.90 Å². The molecule has 1 N–H and O–H groups in total. The summed E-state index contributed by atoms with van der Waals surface area (Å²) in [6.07, 6.45) is 0. The topological polar surface area (TPSA) is 32.3 Å². The number of halogens is 1. The molecule has 1 heterocycles. The van der Waals surface area contributed by atoms with Crippen molar-refractivity contribution in [2.75, 3.05) is 23.5 Å². The number of anilines is 1. The number of benzene rings is 1. The first-order valence-electron chi connectivity index (χ1n) is 4.65. The highest BCUT2D eigenvalue weighted by atomic mass is 79.9. The maximum Gasteiger partial charge on any atom is 0.322 e. The number of rotatable bonds is 1. The Morgan fingerprint density at radius 1 is 1.53 bits per heavy atom. The third-order valence-electron chi connectivity index (χ3n) is 2.12. The third kappa shape index (κ3) is 2.89. The number of thioether (sulfide) groups is 1. The molecule has 0 saturated carbocycles. The van der Waals surface area contributed by atoms with Crippen LogP contribution in [0.5, 0.6) is 0 Å². The fourth-order valence-corrected chi connectivity index (χ4v) is 2.69. The molecular weight excluding hydrogens is 276 g/mol. The Morgan fingerprint density at radius 2 is 2.40 bits per heavy atom. The van der Waals surface area contributed by atoms with E-state index in [0.29, 0.717) is 0 Å². The van der Waals surface area contributed by atoms with Crippen LogP contribution in [0.25, 0.3) is 0 Å². The molecule has 0 unspecified atom stereocenters. The van der Waals surface area contributed by atoms with Crippen LogP contribution in [0.2, 0.25) is 0 Å². The highest BCUT2D eigenvalue weighted by Gasteiger charge is 2.17. The van der Waals surface area contributed by atoms with Crippen molar-refractivity contribution in [3.63, 3.8) is 0 Å². The van der Waals surface area contributed by atoms with E-state index in [4.69, 9.17) is 0 Å². The first kappa shape index (κ1) is 10.8. The standard InChI is InChI=1S/C10H11BrN2OS/c11-8-2-1-3-9(6-8)12-10(14)13-4-5-15-7-13/h1-3,6H,4-5,7H2,(H,12,14). The van der Waals surface area contributed by atoms with E-state index in [1.807, 2.05) is 29.2 Å². The van der Waals surface area contributed by atoms with E-state index >= 15 is 0 Å². The fraction of sp³-hybridized carbons (Fsp3) is 0.300. The quantitative estimate of drug-likeness (QED) is 0.861. The van der Waals surface area contributed by atoms with Crippen LogP contribution in [0, 0.1) is 0 Å². The molecule has 0 atom stereocenters. The Balaban J connectivity index is 1.99. The van der Waals surface area contributed by atoms with Crippen molar-refractivity contribution in [2.45, 2.75) is 0 Å². The van der Waals surface area contributed by atoms with E-state index in [-0.39, 0.29) is 6.03 Å². The lowest BCUT2D eigenvalue weighted by molar-refractivity contribution is 0.225. The van der Waals surface area contributed by atoms with Crippen LogP contribution < -0.4 is 5.32 Å². The zero-order valence-electron chi connectivity index (χ0n) is 8.07. The summed E-state index contributed by atoms with van der Waals surface area (Å²) in [5.41, 5.74) is 0.825. The molecule has 5 heteroatoms. The molecule has 1 aromatic carbocycles. The zero-order valence-corrected chi connectivity index (χ0v) is 10.5. The molecule has 1 aliphatic rings. The second kappa shape index (κ2) is 4.90. The van der Waals surface area contributed by atoms with Gasteiger partial charge in [0.2, 0.25) is 0 Å². The zero-order chi connectivity index (χ0) is 10.7. The van der Waals surface area contributed by atoms with Crippen LogP contribution in [-0.4, -0.2) is 29.1 Å². The normalized spacial score (nSPS) is 15.4. The molecule has 1 aliphatic heterocycles. The van der Waals surface area contributed by atoms with Crippen molar-refractivity contribution in [1.29, 1.82) is 0 Å². The van der Waals surface area contributed by atoms with Gasteiger partial charge in [0.05, 0.1) is 5.88 Å². The van der Waals surface area contributed by atoms with Crippen LogP contribution in [0.4, 0.5) is 10.5 Å². The van der Waals surface area contributed by atoms with E-state index in [2.05, 4.69) is 21.2 Å². The second-order valence-electron chi connectivity index (χ2n) is 3.24. The Bertz CT molecular complexity index is 366. The molecule has 15 heavy (non-hydrogen) atoms. The Labute approximate surface area is 101 Å². The predicted octanol–water partition coefficient (Wildman–Crippen LogP) is 2.99. The van der Waals surface area contributed by atoms with Gasteiger partial charge >= 0.3 is 6.03 Å². The number of amides is 2. The third-order valence-corrected chi connectivity index (χ3v) is 3.57. The van der Waals surface area contributed by atoms with Crippen molar-refractivity contribution in [3.8, 4) is 0 Å². The van der Waals surface area contributed by atoms with Gasteiger partial charge in [0.25, 0.3) is 0 Å². The average molecular weight is 287 g/mol. The monoisotopic (exact) mass is 286 g/mol. The minimum Gasteiger partial charge on any atom is -0.314 e. The number of nitrogens with one attached hydrogen (secondary N) is 1. The van der Waals surface area contributed by atoms with Crippen LogP contribution in [0.3, 0.4) is 0 Å². The number of carbonyl (C=O) groups excluding carboxylic acids is 1. The Morgan fingerprint density at radius 3 is 3.07 bits per heavy atom. The molecule has 1 aromatic rings. The first-order valence-corrected chi connectivity index (χ1v) is 6.60. The van der Waals surface area contributed by atoms with E-state index in [1.54, 1.807) is 11.8 Å². The highest BCUT2D eigenvalue weighted by Crippen LogP contribution is 2.18. The summed E-state index contributed by atoms with van der Waals surface area (Å²) in [7, 11) is 0. The minimum atomic E-state index is -0.0156. The van der Waals surface area contributed by atoms with Gasteiger partial charge in [0.15, 0.2) is 0 Å². The van der Waals surface area contributed by atoms with Crippen LogP contribution in [0.15, 0.2) is 28.7 Å². The number of urea groups is 1. The van der Waals surface area contributed by atoms with E-state index in [0.717, 1.165) is 28.3 Å². The number of carbonyl (C=O) groups is 1. The van der Waals surface area contributed by atoms with Crippen LogP contribution in [0.1, 0.15) is 0 Å². The Kier molecular flexibility index (Phi) is 3.53. The van der Waals surface area contributed by atoms with Crippen molar-refractivity contribution < 1.29 is 4.79 Å². The molecule has 0 bridgehead atoms. The lowest BCUT2D eigenvalue weighted by atomic mass is 10.3. The number of hydrogen-bond acceptors (Lipinski definition) is 2. The van der Waals surface area contributed by atoms with Gasteiger partial charge in [-0.15, -0.1) is 11.8 Å². The number of hydrogen-bond donors (Lipinski definition) is 1. The summed E-state index contributed by atoms with van der Waals surface area (Å²) in [5, 5.41) is 2.87. The SMILES string of the molecule is O=C(Nc1cccc(Br)c1)N1CCSC1. The van der Waals surface area contributed by atoms with Gasteiger partial charge < -0.3 is 10.2 Å². The predicted molar refractivity (Wildman–Crippen MR) is 67.2 cm³/mol. The molecule has 2 amide bonds. The van der Waals surface area contributed by atoms with Crippen molar-refractivity contribution in [2.24, 2.45) is 0 Å². The first-order chi connectivity index (χ1) is 7.25. The average Bonchev–Trinajstić information content (AvgIpc) is 2.70. The maximum absolute atomic E-state index is 11.7. The molecule has 2 rings (SSSR count). The fourth-order valence-electron chi connectivity index (χ4n) is 1.34. The lowest BCUT2D eigenvalue weighted by Gasteiger charge is -2.15. The summed E-state index contributed by atoms with van der Waals surface area (Å²) in [6.45, 7) is 0.838. The molecule has 1 saturated heterocycles. The maximum atomic E-state index is 11.7. The smallest absolute Gasteiger partial charge is 0.314 e. The summed E-state index contributed by atoms with van der Waals surface area (Å²) in [5.74, 6) is 1.83. The summed E-state index contributed by atoms with van der Waals surface area (Å²) in [6, 6.07) is 7.59. The second-order valence-corrected chi connectivity index (χ2v) is 5.23. The lowest BCUT2D eigenvalue weighted by Crippen LogP contribution is -2.32. The van der Waals surface area contributed by atoms with E-state index in [1.165, 1.54) is 0 Å². The molecule has 0 spiro atoms. The molecule has 0 aromatic heterocycles. The van der Waals surface area contributed by atoms with Crippen LogP contribution >= 0.6 is 27.7 Å². The largest absolute Gasteiger partial charge is 0.322 e. The molecule has 3 nitrogen and oxygen atoms in total. The van der Waals surface area contributed by atoms with E-state index in [9.17, 15) is 4.79 Å². The van der Waals surface area contributed by atoms with E-state index < -0.39 is 0 Å². The van der Waals surface area contributed by atoms with Gasteiger partial charge in [-0.3, -0.25) is 0 Å². The minimum absolute atomic E-state index is 0.0156. The molecule has 0 aliphatic carbocycles. The summed E-state index contributed by atoms with van der Waals surface area (Å²) < 4.78 is 0.969. The van der Waals surface area contributed by atoms with Gasteiger partial charge in [-0.25, -0.2) is 4.79 Å². The summed E-state index contributed by atoms with van der Waals surface area (Å²) in [4.78, 5) is 13.5. The van der Waals surface area contributed by atoms with Crippen molar-refractivity contribution >= 4 is 39.4 Å². The highest BCUT2D eigenvalue weighted by molar-refractivity contribution is 9.10. The van der Waals surface area contributed by atoms with Gasteiger partial charge in [-0.2, -0.15) is 0 Å². The van der Waals surface area contributed by atoms with Gasteiger partial charge in [-0.1, -0.05) is 22.0 Å². The van der Waals surface area contributed by atoms with Gasteiger partial charge in [0, 0.05) is 22.5 Å². The van der Waals surface area contributed by atoms with Gasteiger partial charge in [0.1, 0.15) is 0 Å². The molecular formula is C10H11BrN2OS.